The summed E-state index contributed by atoms with van der Waals surface area (Å²) in [6.07, 6.45) is 10.2. The van der Waals surface area contributed by atoms with Gasteiger partial charge in [0.25, 0.3) is 0 Å². The molecule has 0 atom stereocenters. The number of imidazole rings is 1. The maximum Gasteiger partial charge on any atom is 0.243 e. The van der Waals surface area contributed by atoms with Gasteiger partial charge in [-0.15, -0.1) is 0 Å². The minimum atomic E-state index is 1.16. The second-order valence-corrected chi connectivity index (χ2v) is 3.02. The van der Waals surface area contributed by atoms with Gasteiger partial charge in [0.15, 0.2) is 0 Å². The van der Waals surface area contributed by atoms with Crippen LogP contribution in [0.3, 0.4) is 0 Å². The van der Waals surface area contributed by atoms with Gasteiger partial charge in [-0.3, -0.25) is 0 Å². The molecule has 0 aliphatic carbocycles. The van der Waals surface area contributed by atoms with Crippen molar-refractivity contribution in [1.29, 1.82) is 0 Å². The van der Waals surface area contributed by atoms with Gasteiger partial charge in [0, 0.05) is 0 Å². The lowest BCUT2D eigenvalue weighted by Gasteiger charge is -1.93. The number of hydrogen-bond acceptors (Lipinski definition) is 0. The highest BCUT2D eigenvalue weighted by Gasteiger charge is 1.97. The second-order valence-electron chi connectivity index (χ2n) is 3.02. The number of unbranched alkanes of at least 4 members (excludes halogenated alkanes) is 2. The lowest BCUT2D eigenvalue weighted by atomic mass is 10.2. The Morgan fingerprint density at radius 2 is 1.92 bits per heavy atom. The van der Waals surface area contributed by atoms with Gasteiger partial charge in [0.05, 0.1) is 13.6 Å². The quantitative estimate of drug-likeness (QED) is 0.501. The molecule has 0 aliphatic rings. The predicted molar refractivity (Wildman–Crippen MR) is 56.5 cm³/mol. The molecule has 0 unspecified atom stereocenters. The predicted octanol–water partition coefficient (Wildman–Crippen LogP) is 2.53. The third kappa shape index (κ3) is 5.45. The second kappa shape index (κ2) is 7.84. The van der Waals surface area contributed by atoms with E-state index in [1.807, 2.05) is 13.8 Å². The van der Waals surface area contributed by atoms with Crippen LogP contribution >= 0.6 is 0 Å². The van der Waals surface area contributed by atoms with Crippen LogP contribution < -0.4 is 4.57 Å². The van der Waals surface area contributed by atoms with Crippen LogP contribution in [0.4, 0.5) is 0 Å². The van der Waals surface area contributed by atoms with E-state index in [2.05, 4.69) is 41.8 Å². The maximum absolute atomic E-state index is 2.23. The number of aromatic nitrogens is 2. The highest BCUT2D eigenvalue weighted by Crippen LogP contribution is 1.96. The van der Waals surface area contributed by atoms with E-state index < -0.39 is 0 Å². The molecule has 0 saturated carbocycles. The van der Waals surface area contributed by atoms with Crippen LogP contribution in [-0.2, 0) is 13.6 Å². The van der Waals surface area contributed by atoms with Crippen molar-refractivity contribution in [3.63, 3.8) is 0 Å². The normalized spacial score (nSPS) is 9.23. The van der Waals surface area contributed by atoms with Crippen molar-refractivity contribution >= 4 is 0 Å². The standard InChI is InChI=1S/C9H17N2.C2H6/c1-3-4-5-6-11-8-7-10(2)9-11;1-2/h7-9H,3-6H2,1-2H3;1-2H3/q+1;. The molecule has 0 radical (unpaired) electrons. The summed E-state index contributed by atoms with van der Waals surface area (Å²) in [5.41, 5.74) is 0. The molecule has 2 nitrogen and oxygen atoms in total. The minimum Gasteiger partial charge on any atom is -0.240 e. The number of aryl methyl sites for hydroxylation is 2. The fourth-order valence-corrected chi connectivity index (χ4v) is 1.18. The van der Waals surface area contributed by atoms with E-state index >= 15 is 0 Å². The first-order chi connectivity index (χ1) is 6.33. The van der Waals surface area contributed by atoms with Crippen molar-refractivity contribution in [3.8, 4) is 0 Å². The number of nitrogens with zero attached hydrogens (tertiary/aromatic N) is 2. The third-order valence-electron chi connectivity index (χ3n) is 1.84. The first-order valence-corrected chi connectivity index (χ1v) is 5.34. The summed E-state index contributed by atoms with van der Waals surface area (Å²) in [6.45, 7) is 7.39. The lowest BCUT2D eigenvalue weighted by Crippen LogP contribution is -2.23. The van der Waals surface area contributed by atoms with Crippen LogP contribution in [0.15, 0.2) is 18.7 Å². The summed E-state index contributed by atoms with van der Waals surface area (Å²) in [7, 11) is 2.05. The van der Waals surface area contributed by atoms with Gasteiger partial charge in [-0.1, -0.05) is 27.2 Å². The summed E-state index contributed by atoms with van der Waals surface area (Å²) in [6, 6.07) is 0. The van der Waals surface area contributed by atoms with Crippen LogP contribution in [0.1, 0.15) is 40.0 Å². The Balaban J connectivity index is 0.000000671. The fourth-order valence-electron chi connectivity index (χ4n) is 1.18. The molecule has 1 rings (SSSR count). The van der Waals surface area contributed by atoms with E-state index in [4.69, 9.17) is 0 Å². The summed E-state index contributed by atoms with van der Waals surface area (Å²) >= 11 is 0. The fraction of sp³-hybridized carbons (Fsp3) is 0.727. The molecule has 2 heteroatoms. The van der Waals surface area contributed by atoms with Crippen LogP contribution in [0.25, 0.3) is 0 Å². The molecule has 0 aliphatic heterocycles. The van der Waals surface area contributed by atoms with Crippen molar-refractivity contribution < 1.29 is 4.57 Å². The molecule has 0 aromatic carbocycles. The van der Waals surface area contributed by atoms with Gasteiger partial charge in [-0.25, -0.2) is 9.13 Å². The highest BCUT2D eigenvalue weighted by molar-refractivity contribution is 4.65. The van der Waals surface area contributed by atoms with E-state index in [-0.39, 0.29) is 0 Å². The van der Waals surface area contributed by atoms with E-state index in [0.29, 0.717) is 0 Å². The van der Waals surface area contributed by atoms with Gasteiger partial charge >= 0.3 is 0 Å². The lowest BCUT2D eigenvalue weighted by molar-refractivity contribution is -0.671. The molecule has 0 amide bonds. The maximum atomic E-state index is 2.23. The smallest absolute Gasteiger partial charge is 0.240 e. The zero-order valence-corrected chi connectivity index (χ0v) is 9.45. The Kier molecular flexibility index (Phi) is 7.36. The summed E-state index contributed by atoms with van der Waals surface area (Å²) in [4.78, 5) is 0. The highest BCUT2D eigenvalue weighted by atomic mass is 15.1. The van der Waals surface area contributed by atoms with Crippen LogP contribution in [0, 0.1) is 0 Å². The van der Waals surface area contributed by atoms with Crippen LogP contribution in [0.2, 0.25) is 0 Å². The average molecular weight is 183 g/mol. The summed E-state index contributed by atoms with van der Waals surface area (Å²) < 4.78 is 4.31. The number of hydrogen-bond donors (Lipinski definition) is 0. The molecule has 1 aromatic heterocycles. The Morgan fingerprint density at radius 3 is 2.38 bits per heavy atom. The molecule has 1 heterocycles. The van der Waals surface area contributed by atoms with E-state index in [1.54, 1.807) is 0 Å². The van der Waals surface area contributed by atoms with Crippen LogP contribution in [-0.4, -0.2) is 4.57 Å². The van der Waals surface area contributed by atoms with Crippen molar-refractivity contribution in [1.82, 2.24) is 4.57 Å². The largest absolute Gasteiger partial charge is 0.243 e. The molecule has 13 heavy (non-hydrogen) atoms. The molecule has 0 spiro atoms. The monoisotopic (exact) mass is 183 g/mol. The van der Waals surface area contributed by atoms with Gasteiger partial charge in [0.2, 0.25) is 6.33 Å². The molecule has 0 N–H and O–H groups in total. The minimum absolute atomic E-state index is 1.16. The van der Waals surface area contributed by atoms with Gasteiger partial charge in [-0.05, 0) is 12.8 Å². The van der Waals surface area contributed by atoms with Gasteiger partial charge < -0.3 is 0 Å². The summed E-state index contributed by atoms with van der Waals surface area (Å²) in [5, 5.41) is 0. The molecular weight excluding hydrogens is 160 g/mol. The van der Waals surface area contributed by atoms with E-state index in [1.165, 1.54) is 19.3 Å². The Labute approximate surface area is 82.2 Å². The van der Waals surface area contributed by atoms with Crippen LogP contribution in [0.5, 0.6) is 0 Å². The SMILES string of the molecule is CC.CCCCCn1cc[n+](C)c1. The van der Waals surface area contributed by atoms with Crippen molar-refractivity contribution in [3.05, 3.63) is 18.7 Å². The zero-order valence-electron chi connectivity index (χ0n) is 9.45. The van der Waals surface area contributed by atoms with Crippen molar-refractivity contribution in [2.24, 2.45) is 7.05 Å². The van der Waals surface area contributed by atoms with Crippen molar-refractivity contribution in [2.45, 2.75) is 46.6 Å². The average Bonchev–Trinajstić information content (AvgIpc) is 2.56. The Hall–Kier alpha value is -0.790. The topological polar surface area (TPSA) is 8.81 Å². The molecule has 0 bridgehead atoms. The van der Waals surface area contributed by atoms with E-state index in [0.717, 1.165) is 6.54 Å². The zero-order chi connectivity index (χ0) is 10.1. The molecular formula is C11H23N2+. The number of rotatable bonds is 4. The van der Waals surface area contributed by atoms with Crippen molar-refractivity contribution in [2.75, 3.05) is 0 Å². The summed E-state index contributed by atoms with van der Waals surface area (Å²) in [5.74, 6) is 0. The van der Waals surface area contributed by atoms with E-state index in [9.17, 15) is 0 Å². The molecule has 0 saturated heterocycles. The molecule has 0 fully saturated rings. The molecule has 76 valence electrons. The Morgan fingerprint density at radius 1 is 1.23 bits per heavy atom. The first-order valence-electron chi connectivity index (χ1n) is 5.34. The molecule has 1 aromatic rings. The third-order valence-corrected chi connectivity index (χ3v) is 1.84. The first kappa shape index (κ1) is 12.2. The van der Waals surface area contributed by atoms with Gasteiger partial charge in [0.1, 0.15) is 12.4 Å². The Bertz CT molecular complexity index is 204. The van der Waals surface area contributed by atoms with Gasteiger partial charge in [-0.2, -0.15) is 0 Å².